The van der Waals surface area contributed by atoms with Crippen LogP contribution in [0.3, 0.4) is 0 Å². The summed E-state index contributed by atoms with van der Waals surface area (Å²) < 4.78 is 34.1. The van der Waals surface area contributed by atoms with Crippen molar-refractivity contribution in [3.63, 3.8) is 0 Å². The number of phosphoric acid groups is 1. The Hall–Kier alpha value is -2.55. The fourth-order valence-corrected chi connectivity index (χ4v) is 7.86. The second-order valence-corrected chi connectivity index (χ2v) is 20.3. The number of carbonyl (C=O) groups excluding carboxylic acids is 2. The van der Waals surface area contributed by atoms with E-state index in [0.29, 0.717) is 17.4 Å². The molecule has 0 aromatic carbocycles. The number of nitrogens with zero attached hydrogens (tertiary/aromatic N) is 1. The predicted octanol–water partition coefficient (Wildman–Crippen LogP) is 15.5. The minimum Gasteiger partial charge on any atom is -0.756 e. The van der Waals surface area contributed by atoms with Gasteiger partial charge in [0.2, 0.25) is 0 Å². The Labute approximate surface area is 406 Å². The van der Waals surface area contributed by atoms with Gasteiger partial charge in [-0.25, -0.2) is 0 Å². The van der Waals surface area contributed by atoms with Crippen molar-refractivity contribution in [2.75, 3.05) is 47.5 Å². The first-order valence-corrected chi connectivity index (χ1v) is 28.1. The van der Waals surface area contributed by atoms with Crippen LogP contribution in [0.2, 0.25) is 0 Å². The van der Waals surface area contributed by atoms with Crippen LogP contribution in [-0.4, -0.2) is 70.0 Å². The summed E-state index contributed by atoms with van der Waals surface area (Å²) in [6, 6.07) is 0. The predicted molar refractivity (Wildman–Crippen MR) is 277 cm³/mol. The lowest BCUT2D eigenvalue weighted by Crippen LogP contribution is -2.37. The van der Waals surface area contributed by atoms with Gasteiger partial charge in [0.15, 0.2) is 6.10 Å². The number of rotatable bonds is 48. The Bertz CT molecular complexity index is 1350. The Morgan fingerprint density at radius 2 is 0.864 bits per heavy atom. The fourth-order valence-electron chi connectivity index (χ4n) is 7.13. The molecule has 0 heterocycles. The Kier molecular flexibility index (Phi) is 45.7. The van der Waals surface area contributed by atoms with Gasteiger partial charge in [-0.15, -0.1) is 0 Å². The molecule has 66 heavy (non-hydrogen) atoms. The summed E-state index contributed by atoms with van der Waals surface area (Å²) in [6.07, 6.45) is 60.7. The largest absolute Gasteiger partial charge is 0.756 e. The van der Waals surface area contributed by atoms with E-state index >= 15 is 0 Å². The Morgan fingerprint density at radius 1 is 0.485 bits per heavy atom. The van der Waals surface area contributed by atoms with Crippen molar-refractivity contribution < 1.29 is 42.1 Å². The minimum atomic E-state index is -4.64. The molecular weight excluding hydrogens is 846 g/mol. The standard InChI is InChI=1S/C56H100NO8P/c1-6-8-10-12-14-16-18-20-22-24-25-26-27-28-29-30-31-33-35-37-39-41-43-45-47-49-56(59)65-54(53-64-66(60,61)63-51-50-57(3,4)5)52-62-55(58)48-46-44-42-40-38-36-34-32-23-21-19-17-15-13-11-9-7-2/h8,10,14,16,20,22,25-26,28-29,31,33,54H,6-7,9,11-13,15,17-19,21,23-24,27,30,32,34-53H2,1-5H3/b10-8-,16-14-,22-20-,26-25-,29-28-,33-31-. The van der Waals surface area contributed by atoms with Gasteiger partial charge in [0, 0.05) is 12.8 Å². The number of phosphoric ester groups is 1. The summed E-state index contributed by atoms with van der Waals surface area (Å²) in [7, 11) is 1.15. The zero-order chi connectivity index (χ0) is 48.5. The molecule has 0 aliphatic heterocycles. The van der Waals surface area contributed by atoms with Crippen molar-refractivity contribution in [2.45, 2.75) is 225 Å². The zero-order valence-electron chi connectivity index (χ0n) is 43.1. The average molecular weight is 946 g/mol. The van der Waals surface area contributed by atoms with Crippen LogP contribution in [-0.2, 0) is 32.7 Å². The second-order valence-electron chi connectivity index (χ2n) is 18.9. The first kappa shape index (κ1) is 63.5. The highest BCUT2D eigenvalue weighted by Crippen LogP contribution is 2.38. The summed E-state index contributed by atoms with van der Waals surface area (Å²) in [4.78, 5) is 37.8. The number of allylic oxidation sites excluding steroid dienone is 12. The van der Waals surface area contributed by atoms with Crippen LogP contribution in [0, 0.1) is 0 Å². The lowest BCUT2D eigenvalue weighted by molar-refractivity contribution is -0.870. The number of hydrogen-bond acceptors (Lipinski definition) is 8. The zero-order valence-corrected chi connectivity index (χ0v) is 44.0. The van der Waals surface area contributed by atoms with Crippen molar-refractivity contribution >= 4 is 19.8 Å². The molecular formula is C56H100NO8P. The molecule has 0 fully saturated rings. The molecule has 0 amide bonds. The topological polar surface area (TPSA) is 111 Å². The van der Waals surface area contributed by atoms with E-state index in [9.17, 15) is 19.0 Å². The first-order valence-electron chi connectivity index (χ1n) is 26.6. The van der Waals surface area contributed by atoms with Gasteiger partial charge in [0.05, 0.1) is 27.7 Å². The van der Waals surface area contributed by atoms with Crippen LogP contribution < -0.4 is 4.89 Å². The maximum Gasteiger partial charge on any atom is 0.306 e. The third-order valence-corrected chi connectivity index (χ3v) is 12.2. The number of esters is 2. The van der Waals surface area contributed by atoms with Gasteiger partial charge in [-0.2, -0.15) is 0 Å². The summed E-state index contributed by atoms with van der Waals surface area (Å²) in [5.41, 5.74) is 0. The molecule has 0 aromatic heterocycles. The number of likely N-dealkylation sites (N-methyl/N-ethyl adjacent to an activating group) is 1. The number of ether oxygens (including phenoxy) is 2. The molecule has 382 valence electrons. The minimum absolute atomic E-state index is 0.0361. The average Bonchev–Trinajstić information content (AvgIpc) is 3.27. The van der Waals surface area contributed by atoms with Crippen LogP contribution in [0.15, 0.2) is 72.9 Å². The number of hydrogen-bond donors (Lipinski definition) is 0. The van der Waals surface area contributed by atoms with E-state index in [1.54, 1.807) is 0 Å². The molecule has 9 nitrogen and oxygen atoms in total. The highest BCUT2D eigenvalue weighted by atomic mass is 31.2. The van der Waals surface area contributed by atoms with E-state index in [2.05, 4.69) is 86.8 Å². The monoisotopic (exact) mass is 946 g/mol. The first-order chi connectivity index (χ1) is 32.0. The van der Waals surface area contributed by atoms with Gasteiger partial charge in [-0.3, -0.25) is 14.2 Å². The molecule has 2 unspecified atom stereocenters. The number of quaternary nitrogens is 1. The molecule has 0 aromatic rings. The second kappa shape index (κ2) is 47.5. The molecule has 0 saturated carbocycles. The fraction of sp³-hybridized carbons (Fsp3) is 0.750. The third kappa shape index (κ3) is 50.9. The molecule has 0 radical (unpaired) electrons. The van der Waals surface area contributed by atoms with E-state index in [1.165, 1.54) is 89.9 Å². The SMILES string of the molecule is CC/C=C\C/C=C\C/C=C\C/C=C\C/C=C\C/C=C\CCCCCCCCC(=O)OC(COC(=O)CCCCCCCCCCCCCCCCCCC)COP(=O)([O-])OCC[N+](C)(C)C. The summed E-state index contributed by atoms with van der Waals surface area (Å²) in [5.74, 6) is -0.848. The van der Waals surface area contributed by atoms with Crippen molar-refractivity contribution in [1.82, 2.24) is 0 Å². The van der Waals surface area contributed by atoms with Gasteiger partial charge < -0.3 is 27.9 Å². The van der Waals surface area contributed by atoms with Crippen LogP contribution in [0.25, 0.3) is 0 Å². The number of carbonyl (C=O) groups is 2. The van der Waals surface area contributed by atoms with Crippen LogP contribution in [0.4, 0.5) is 0 Å². The quantitative estimate of drug-likeness (QED) is 0.0195. The van der Waals surface area contributed by atoms with E-state index in [-0.39, 0.29) is 32.0 Å². The number of unbranched alkanes of at least 4 members (excludes halogenated alkanes) is 22. The highest BCUT2D eigenvalue weighted by molar-refractivity contribution is 7.45. The third-order valence-electron chi connectivity index (χ3n) is 11.2. The molecule has 0 N–H and O–H groups in total. The molecule has 10 heteroatoms. The normalized spacial score (nSPS) is 14.0. The van der Waals surface area contributed by atoms with Crippen molar-refractivity contribution in [3.05, 3.63) is 72.9 Å². The van der Waals surface area contributed by atoms with E-state index < -0.39 is 26.5 Å². The van der Waals surface area contributed by atoms with Crippen LogP contribution >= 0.6 is 7.82 Å². The van der Waals surface area contributed by atoms with Crippen LogP contribution in [0.5, 0.6) is 0 Å². The van der Waals surface area contributed by atoms with Crippen molar-refractivity contribution in [3.8, 4) is 0 Å². The van der Waals surface area contributed by atoms with Gasteiger partial charge in [0.25, 0.3) is 7.82 Å². The van der Waals surface area contributed by atoms with Gasteiger partial charge in [-0.1, -0.05) is 215 Å². The van der Waals surface area contributed by atoms with Crippen molar-refractivity contribution in [2.24, 2.45) is 0 Å². The Morgan fingerprint density at radius 3 is 1.29 bits per heavy atom. The molecule has 0 rings (SSSR count). The van der Waals surface area contributed by atoms with E-state index in [0.717, 1.165) is 96.3 Å². The lowest BCUT2D eigenvalue weighted by Gasteiger charge is -2.28. The smallest absolute Gasteiger partial charge is 0.306 e. The molecule has 2 atom stereocenters. The van der Waals surface area contributed by atoms with Gasteiger partial charge in [0.1, 0.15) is 19.8 Å². The van der Waals surface area contributed by atoms with Crippen LogP contribution in [0.1, 0.15) is 219 Å². The maximum absolute atomic E-state index is 12.8. The summed E-state index contributed by atoms with van der Waals surface area (Å²) >= 11 is 0. The van der Waals surface area contributed by atoms with E-state index in [1.807, 2.05) is 21.1 Å². The van der Waals surface area contributed by atoms with Gasteiger partial charge in [-0.05, 0) is 64.2 Å². The Balaban J connectivity index is 4.27. The maximum atomic E-state index is 12.8. The molecule has 0 spiro atoms. The lowest BCUT2D eigenvalue weighted by atomic mass is 10.0. The van der Waals surface area contributed by atoms with Crippen molar-refractivity contribution in [1.29, 1.82) is 0 Å². The highest BCUT2D eigenvalue weighted by Gasteiger charge is 2.21. The molecule has 0 aliphatic carbocycles. The summed E-state index contributed by atoms with van der Waals surface area (Å²) in [6.45, 7) is 4.12. The van der Waals surface area contributed by atoms with Gasteiger partial charge >= 0.3 is 11.9 Å². The summed E-state index contributed by atoms with van der Waals surface area (Å²) in [5, 5.41) is 0. The molecule has 0 saturated heterocycles. The molecule has 0 bridgehead atoms. The van der Waals surface area contributed by atoms with E-state index in [4.69, 9.17) is 18.5 Å². The molecule has 0 aliphatic rings.